The number of benzene rings is 1. The molecule has 2 fully saturated rings. The third kappa shape index (κ3) is 3.25. The van der Waals surface area contributed by atoms with Crippen LogP contribution in [0.2, 0.25) is 0 Å². The maximum atomic E-state index is 13.4. The second kappa shape index (κ2) is 5.39. The van der Waals surface area contributed by atoms with Crippen molar-refractivity contribution in [1.82, 2.24) is 4.31 Å². The first-order valence-electron chi connectivity index (χ1n) is 7.20. The van der Waals surface area contributed by atoms with E-state index in [4.69, 9.17) is 5.26 Å². The van der Waals surface area contributed by atoms with E-state index < -0.39 is 15.8 Å². The highest BCUT2D eigenvalue weighted by molar-refractivity contribution is 7.89. The van der Waals surface area contributed by atoms with Crippen LogP contribution in [0.3, 0.4) is 0 Å². The molecule has 1 aromatic rings. The molecular weight excluding hydrogens is 291 g/mol. The second-order valence-electron chi connectivity index (χ2n) is 5.96. The van der Waals surface area contributed by atoms with Gasteiger partial charge in [-0.15, -0.1) is 0 Å². The van der Waals surface area contributed by atoms with Crippen LogP contribution in [-0.4, -0.2) is 25.8 Å². The lowest BCUT2D eigenvalue weighted by Crippen LogP contribution is -2.34. The maximum absolute atomic E-state index is 13.4. The summed E-state index contributed by atoms with van der Waals surface area (Å²) in [6.45, 7) is 1.08. The van der Waals surface area contributed by atoms with Gasteiger partial charge in [-0.05, 0) is 55.7 Å². The highest BCUT2D eigenvalue weighted by atomic mass is 32.2. The van der Waals surface area contributed by atoms with Crippen LogP contribution >= 0.6 is 0 Å². The fourth-order valence-corrected chi connectivity index (χ4v) is 3.97. The number of nitriles is 1. The van der Waals surface area contributed by atoms with Crippen LogP contribution < -0.4 is 0 Å². The van der Waals surface area contributed by atoms with Crippen molar-refractivity contribution in [2.24, 2.45) is 11.8 Å². The number of hydrogen-bond acceptors (Lipinski definition) is 3. The minimum Gasteiger partial charge on any atom is -0.207 e. The average molecular weight is 308 g/mol. The van der Waals surface area contributed by atoms with Crippen molar-refractivity contribution in [3.8, 4) is 6.07 Å². The molecule has 2 aliphatic carbocycles. The molecule has 6 heteroatoms. The summed E-state index contributed by atoms with van der Waals surface area (Å²) in [5, 5.41) is 8.86. The molecule has 0 N–H and O–H groups in total. The van der Waals surface area contributed by atoms with Crippen LogP contribution in [-0.2, 0) is 10.0 Å². The normalized spacial score (nSPS) is 18.7. The molecule has 3 rings (SSSR count). The molecule has 0 unspecified atom stereocenters. The van der Waals surface area contributed by atoms with Crippen molar-refractivity contribution >= 4 is 10.0 Å². The summed E-state index contributed by atoms with van der Waals surface area (Å²) in [5.41, 5.74) is -0.228. The van der Waals surface area contributed by atoms with Crippen LogP contribution in [0.4, 0.5) is 4.39 Å². The molecule has 21 heavy (non-hydrogen) atoms. The van der Waals surface area contributed by atoms with Gasteiger partial charge >= 0.3 is 0 Å². The quantitative estimate of drug-likeness (QED) is 0.811. The third-order valence-corrected chi connectivity index (χ3v) is 5.84. The van der Waals surface area contributed by atoms with E-state index in [2.05, 4.69) is 0 Å². The van der Waals surface area contributed by atoms with Gasteiger partial charge in [0.1, 0.15) is 11.9 Å². The molecule has 0 radical (unpaired) electrons. The predicted octanol–water partition coefficient (Wildman–Crippen LogP) is 2.51. The van der Waals surface area contributed by atoms with Gasteiger partial charge in [0.05, 0.1) is 10.5 Å². The molecule has 0 spiro atoms. The number of hydrogen-bond donors (Lipinski definition) is 0. The lowest BCUT2D eigenvalue weighted by Gasteiger charge is -2.22. The number of sulfonamides is 1. The summed E-state index contributed by atoms with van der Waals surface area (Å²) in [5.74, 6) is 0.219. The Labute approximate surface area is 124 Å². The Bertz CT molecular complexity index is 674. The van der Waals surface area contributed by atoms with E-state index >= 15 is 0 Å². The van der Waals surface area contributed by atoms with Crippen LogP contribution in [0, 0.1) is 29.0 Å². The van der Waals surface area contributed by atoms with Gasteiger partial charge in [-0.3, -0.25) is 0 Å². The number of nitrogens with zero attached hydrogens (tertiary/aromatic N) is 2. The first-order chi connectivity index (χ1) is 10.0. The third-order valence-electron chi connectivity index (χ3n) is 4.01. The van der Waals surface area contributed by atoms with Crippen molar-refractivity contribution in [2.45, 2.75) is 30.6 Å². The van der Waals surface area contributed by atoms with Gasteiger partial charge in [0.15, 0.2) is 0 Å². The summed E-state index contributed by atoms with van der Waals surface area (Å²) in [7, 11) is -3.65. The maximum Gasteiger partial charge on any atom is 0.243 e. The molecule has 2 saturated carbocycles. The molecule has 0 aliphatic heterocycles. The molecule has 4 nitrogen and oxygen atoms in total. The molecule has 0 atom stereocenters. The van der Waals surface area contributed by atoms with E-state index in [1.807, 2.05) is 0 Å². The van der Waals surface area contributed by atoms with E-state index in [1.54, 1.807) is 6.07 Å². The summed E-state index contributed by atoms with van der Waals surface area (Å²) in [4.78, 5) is 0.0155. The summed E-state index contributed by atoms with van der Waals surface area (Å²) in [6.07, 6.45) is 4.29. The van der Waals surface area contributed by atoms with E-state index in [9.17, 15) is 12.8 Å². The Morgan fingerprint density at radius 3 is 2.24 bits per heavy atom. The lowest BCUT2D eigenvalue weighted by molar-refractivity contribution is 0.382. The van der Waals surface area contributed by atoms with Gasteiger partial charge in [-0.1, -0.05) is 0 Å². The topological polar surface area (TPSA) is 61.2 Å². The fraction of sp³-hybridized carbons (Fsp3) is 0.533. The van der Waals surface area contributed by atoms with Crippen molar-refractivity contribution < 1.29 is 12.8 Å². The Morgan fingerprint density at radius 1 is 1.19 bits per heavy atom. The van der Waals surface area contributed by atoms with Gasteiger partial charge in [-0.25, -0.2) is 12.8 Å². The minimum atomic E-state index is -3.65. The zero-order chi connectivity index (χ0) is 15.0. The molecule has 0 aromatic heterocycles. The van der Waals surface area contributed by atoms with Gasteiger partial charge < -0.3 is 0 Å². The SMILES string of the molecule is N#Cc1cc(S(=O)(=O)N(CC2CC2)CC2CC2)ccc1F. The van der Waals surface area contributed by atoms with Crippen molar-refractivity contribution in [2.75, 3.05) is 13.1 Å². The molecular formula is C15H17FN2O2S. The van der Waals surface area contributed by atoms with Gasteiger partial charge in [0.25, 0.3) is 0 Å². The van der Waals surface area contributed by atoms with Crippen LogP contribution in [0.5, 0.6) is 0 Å². The van der Waals surface area contributed by atoms with E-state index in [1.165, 1.54) is 10.4 Å². The Hall–Kier alpha value is -1.45. The van der Waals surface area contributed by atoms with Crippen LogP contribution in [0.25, 0.3) is 0 Å². The smallest absolute Gasteiger partial charge is 0.207 e. The van der Waals surface area contributed by atoms with E-state index in [-0.39, 0.29) is 10.5 Å². The first kappa shape index (κ1) is 14.5. The van der Waals surface area contributed by atoms with Crippen molar-refractivity contribution in [3.05, 3.63) is 29.6 Å². The highest BCUT2D eigenvalue weighted by Gasteiger charge is 2.35. The Kier molecular flexibility index (Phi) is 3.72. The standard InChI is InChI=1S/C15H17FN2O2S/c16-15-6-5-14(7-13(15)8-17)21(19,20)18(9-11-1-2-11)10-12-3-4-12/h5-7,11-12H,1-4,9-10H2. The largest absolute Gasteiger partial charge is 0.243 e. The van der Waals surface area contributed by atoms with Crippen LogP contribution in [0.15, 0.2) is 23.1 Å². The molecule has 112 valence electrons. The van der Waals surface area contributed by atoms with Crippen LogP contribution in [0.1, 0.15) is 31.2 Å². The van der Waals surface area contributed by atoms with E-state index in [0.717, 1.165) is 37.8 Å². The second-order valence-corrected chi connectivity index (χ2v) is 7.90. The Morgan fingerprint density at radius 2 is 1.76 bits per heavy atom. The molecule has 2 aliphatic rings. The summed E-state index contributed by atoms with van der Waals surface area (Å²) >= 11 is 0. The monoisotopic (exact) mass is 308 g/mol. The molecule has 0 amide bonds. The molecule has 0 saturated heterocycles. The first-order valence-corrected chi connectivity index (χ1v) is 8.64. The van der Waals surface area contributed by atoms with E-state index in [0.29, 0.717) is 24.9 Å². The zero-order valence-electron chi connectivity index (χ0n) is 11.6. The lowest BCUT2D eigenvalue weighted by atomic mass is 10.2. The number of halogens is 1. The number of rotatable bonds is 6. The van der Waals surface area contributed by atoms with Crippen molar-refractivity contribution in [3.63, 3.8) is 0 Å². The fourth-order valence-electron chi connectivity index (χ4n) is 2.35. The van der Waals surface area contributed by atoms with Crippen molar-refractivity contribution in [1.29, 1.82) is 5.26 Å². The van der Waals surface area contributed by atoms with Gasteiger partial charge in [-0.2, -0.15) is 9.57 Å². The predicted molar refractivity (Wildman–Crippen MR) is 75.3 cm³/mol. The molecule has 0 bridgehead atoms. The average Bonchev–Trinajstić information content (AvgIpc) is 3.33. The Balaban J connectivity index is 1.90. The highest BCUT2D eigenvalue weighted by Crippen LogP contribution is 2.36. The molecule has 1 aromatic carbocycles. The molecule has 0 heterocycles. The zero-order valence-corrected chi connectivity index (χ0v) is 12.4. The van der Waals surface area contributed by atoms with Gasteiger partial charge in [0.2, 0.25) is 10.0 Å². The summed E-state index contributed by atoms with van der Waals surface area (Å²) in [6, 6.07) is 5.13. The minimum absolute atomic E-state index is 0.0155. The summed E-state index contributed by atoms with van der Waals surface area (Å²) < 4.78 is 40.4. The van der Waals surface area contributed by atoms with Gasteiger partial charge in [0, 0.05) is 13.1 Å².